The molecule has 1 atom stereocenters. The fourth-order valence-corrected chi connectivity index (χ4v) is 3.32. The Morgan fingerprint density at radius 1 is 0.704 bits per heavy atom. The molecule has 0 amide bonds. The van der Waals surface area contributed by atoms with Crippen molar-refractivity contribution in [3.63, 3.8) is 0 Å². The van der Waals surface area contributed by atoms with Crippen LogP contribution >= 0.6 is 0 Å². The lowest BCUT2D eigenvalue weighted by molar-refractivity contribution is -0.145. The molecule has 0 aromatic heterocycles. The average molecular weight is 386 g/mol. The summed E-state index contributed by atoms with van der Waals surface area (Å²) < 4.78 is 0. The van der Waals surface area contributed by atoms with Crippen molar-refractivity contribution in [1.82, 2.24) is 5.32 Å². The summed E-state index contributed by atoms with van der Waals surface area (Å²) in [5.74, 6) is -1.33. The van der Waals surface area contributed by atoms with Gasteiger partial charge < -0.3 is 15.5 Å². The summed E-state index contributed by atoms with van der Waals surface area (Å²) in [6.45, 7) is 5.17. The lowest BCUT2D eigenvalue weighted by atomic mass is 10.0. The van der Waals surface area contributed by atoms with E-state index in [4.69, 9.17) is 10.2 Å². The molecule has 5 heteroatoms. The minimum atomic E-state index is -1.09. The second-order valence-electron chi connectivity index (χ2n) is 8.22. The van der Waals surface area contributed by atoms with Crippen LogP contribution in [0.3, 0.4) is 0 Å². The van der Waals surface area contributed by atoms with Crippen molar-refractivity contribution in [2.45, 2.75) is 116 Å². The van der Waals surface area contributed by atoms with Gasteiger partial charge in [-0.3, -0.25) is 9.59 Å². The molecule has 0 radical (unpaired) electrons. The Bertz CT molecular complexity index is 371. The number of unbranched alkanes of at least 4 members (excludes halogenated alkanes) is 12. The van der Waals surface area contributed by atoms with E-state index in [0.717, 1.165) is 18.8 Å². The van der Waals surface area contributed by atoms with E-state index in [-0.39, 0.29) is 6.42 Å². The molecule has 0 spiro atoms. The lowest BCUT2D eigenvalue weighted by Gasteiger charge is -2.11. The van der Waals surface area contributed by atoms with Crippen LogP contribution in [0.4, 0.5) is 0 Å². The zero-order valence-corrected chi connectivity index (χ0v) is 17.7. The molecule has 27 heavy (non-hydrogen) atoms. The van der Waals surface area contributed by atoms with Gasteiger partial charge in [-0.2, -0.15) is 0 Å². The molecule has 0 fully saturated rings. The number of aliphatic carboxylic acids is 2. The van der Waals surface area contributed by atoms with Crippen molar-refractivity contribution in [2.75, 3.05) is 6.54 Å². The van der Waals surface area contributed by atoms with Gasteiger partial charge in [0, 0.05) is 0 Å². The Kier molecular flexibility index (Phi) is 17.5. The van der Waals surface area contributed by atoms with Gasteiger partial charge in [0.25, 0.3) is 0 Å². The van der Waals surface area contributed by atoms with Crippen molar-refractivity contribution in [3.8, 4) is 0 Å². The summed E-state index contributed by atoms with van der Waals surface area (Å²) >= 11 is 0. The Morgan fingerprint density at radius 2 is 1.11 bits per heavy atom. The monoisotopic (exact) mass is 385 g/mol. The van der Waals surface area contributed by atoms with Crippen LogP contribution in [0, 0.1) is 5.92 Å². The van der Waals surface area contributed by atoms with E-state index >= 15 is 0 Å². The van der Waals surface area contributed by atoms with E-state index in [1.54, 1.807) is 0 Å². The molecule has 0 aromatic rings. The van der Waals surface area contributed by atoms with E-state index < -0.39 is 18.0 Å². The summed E-state index contributed by atoms with van der Waals surface area (Å²) in [4.78, 5) is 21.5. The van der Waals surface area contributed by atoms with Gasteiger partial charge in [0.15, 0.2) is 0 Å². The summed E-state index contributed by atoms with van der Waals surface area (Å²) in [5, 5.41) is 20.4. The van der Waals surface area contributed by atoms with Crippen molar-refractivity contribution in [3.05, 3.63) is 0 Å². The number of hydrogen-bond donors (Lipinski definition) is 3. The quantitative estimate of drug-likeness (QED) is 0.237. The molecule has 3 N–H and O–H groups in total. The normalized spacial score (nSPS) is 12.4. The third kappa shape index (κ3) is 19.5. The van der Waals surface area contributed by atoms with Gasteiger partial charge in [0.05, 0.1) is 6.42 Å². The zero-order chi connectivity index (χ0) is 20.3. The standard InChI is InChI=1S/C22H43NO4/c1-19(2)16-14-12-10-8-6-4-3-5-7-9-11-13-15-17-23-20(22(26)27)18-21(24)25/h19-20,23H,3-18H2,1-2H3,(H,24,25)(H,26,27)/t20-/m0/s1. The smallest absolute Gasteiger partial charge is 0.321 e. The molecule has 0 rings (SSSR count). The largest absolute Gasteiger partial charge is 0.481 e. The molecule has 0 aliphatic carbocycles. The highest BCUT2D eigenvalue weighted by Crippen LogP contribution is 2.14. The van der Waals surface area contributed by atoms with Gasteiger partial charge in [0.1, 0.15) is 6.04 Å². The fourth-order valence-electron chi connectivity index (χ4n) is 3.32. The van der Waals surface area contributed by atoms with E-state index in [2.05, 4.69) is 19.2 Å². The number of carbonyl (C=O) groups is 2. The number of carboxylic acids is 2. The molecule has 0 aromatic carbocycles. The first-order chi connectivity index (χ1) is 12.9. The van der Waals surface area contributed by atoms with E-state index in [0.29, 0.717) is 6.54 Å². The van der Waals surface area contributed by atoms with Gasteiger partial charge in [-0.1, -0.05) is 97.3 Å². The lowest BCUT2D eigenvalue weighted by Crippen LogP contribution is -2.39. The molecular weight excluding hydrogens is 342 g/mol. The van der Waals surface area contributed by atoms with Crippen molar-refractivity contribution < 1.29 is 19.8 Å². The topological polar surface area (TPSA) is 86.6 Å². The van der Waals surface area contributed by atoms with Crippen molar-refractivity contribution >= 4 is 11.9 Å². The minimum Gasteiger partial charge on any atom is -0.481 e. The fraction of sp³-hybridized carbons (Fsp3) is 0.909. The highest BCUT2D eigenvalue weighted by atomic mass is 16.4. The average Bonchev–Trinajstić information content (AvgIpc) is 2.59. The predicted octanol–water partition coefficient (Wildman–Crippen LogP) is 5.62. The van der Waals surface area contributed by atoms with Crippen LogP contribution in [0.15, 0.2) is 0 Å². The SMILES string of the molecule is CC(C)CCCCCCCCCCCCCCCN[C@@H](CC(=O)O)C(=O)O. The van der Waals surface area contributed by atoms with Crippen LogP contribution in [0.5, 0.6) is 0 Å². The third-order valence-electron chi connectivity index (χ3n) is 5.03. The van der Waals surface area contributed by atoms with Crippen LogP contribution in [-0.2, 0) is 9.59 Å². The van der Waals surface area contributed by atoms with Crippen molar-refractivity contribution in [1.29, 1.82) is 0 Å². The van der Waals surface area contributed by atoms with Crippen molar-refractivity contribution in [2.24, 2.45) is 5.92 Å². The molecule has 0 saturated heterocycles. The number of hydrogen-bond acceptors (Lipinski definition) is 3. The van der Waals surface area contributed by atoms with Crippen LogP contribution in [-0.4, -0.2) is 34.7 Å². The number of carboxylic acid groups (broad SMARTS) is 2. The predicted molar refractivity (Wildman–Crippen MR) is 111 cm³/mol. The van der Waals surface area contributed by atoms with E-state index in [1.165, 1.54) is 77.0 Å². The second kappa shape index (κ2) is 18.3. The van der Waals surface area contributed by atoms with Gasteiger partial charge in [-0.05, 0) is 18.9 Å². The zero-order valence-electron chi connectivity index (χ0n) is 17.7. The number of nitrogens with one attached hydrogen (secondary N) is 1. The highest BCUT2D eigenvalue weighted by Gasteiger charge is 2.19. The Hall–Kier alpha value is -1.10. The maximum absolute atomic E-state index is 10.9. The molecule has 0 heterocycles. The Labute approximate surface area is 166 Å². The van der Waals surface area contributed by atoms with E-state index in [9.17, 15) is 9.59 Å². The molecule has 0 saturated carbocycles. The molecule has 0 aliphatic rings. The second-order valence-corrected chi connectivity index (χ2v) is 8.22. The molecule has 160 valence electrons. The van der Waals surface area contributed by atoms with Gasteiger partial charge >= 0.3 is 11.9 Å². The molecular formula is C22H43NO4. The molecule has 0 bridgehead atoms. The maximum Gasteiger partial charge on any atom is 0.321 e. The van der Waals surface area contributed by atoms with Crippen LogP contribution in [0.25, 0.3) is 0 Å². The van der Waals surface area contributed by atoms with Gasteiger partial charge in [-0.25, -0.2) is 0 Å². The molecule has 0 unspecified atom stereocenters. The highest BCUT2D eigenvalue weighted by molar-refractivity contribution is 5.80. The molecule has 5 nitrogen and oxygen atoms in total. The maximum atomic E-state index is 10.9. The Morgan fingerprint density at radius 3 is 1.48 bits per heavy atom. The summed E-state index contributed by atoms with van der Waals surface area (Å²) in [6.07, 6.45) is 17.7. The first-order valence-electron chi connectivity index (χ1n) is 11.1. The van der Waals surface area contributed by atoms with Crippen LogP contribution in [0.1, 0.15) is 110 Å². The molecule has 0 aliphatic heterocycles. The van der Waals surface area contributed by atoms with Crippen LogP contribution < -0.4 is 5.32 Å². The third-order valence-corrected chi connectivity index (χ3v) is 5.03. The van der Waals surface area contributed by atoms with Gasteiger partial charge in [0.2, 0.25) is 0 Å². The Balaban J connectivity index is 3.27. The van der Waals surface area contributed by atoms with E-state index in [1.807, 2.05) is 0 Å². The first kappa shape index (κ1) is 25.9. The number of rotatable bonds is 20. The summed E-state index contributed by atoms with van der Waals surface area (Å²) in [6, 6.07) is -0.974. The summed E-state index contributed by atoms with van der Waals surface area (Å²) in [5.41, 5.74) is 0. The summed E-state index contributed by atoms with van der Waals surface area (Å²) in [7, 11) is 0. The van der Waals surface area contributed by atoms with Crippen LogP contribution in [0.2, 0.25) is 0 Å². The van der Waals surface area contributed by atoms with Gasteiger partial charge in [-0.15, -0.1) is 0 Å². The minimum absolute atomic E-state index is 0.368. The first-order valence-corrected chi connectivity index (χ1v) is 11.1.